The fourth-order valence-electron chi connectivity index (χ4n) is 1.93. The van der Waals surface area contributed by atoms with Gasteiger partial charge in [-0.25, -0.2) is 4.79 Å². The molecule has 0 aliphatic carbocycles. The Morgan fingerprint density at radius 3 is 2.39 bits per heavy atom. The largest absolute Gasteiger partial charge is 0.444 e. The lowest BCUT2D eigenvalue weighted by Gasteiger charge is -2.26. The van der Waals surface area contributed by atoms with E-state index in [1.807, 2.05) is 20.8 Å². The van der Waals surface area contributed by atoms with Crippen molar-refractivity contribution in [1.29, 1.82) is 0 Å². The van der Waals surface area contributed by atoms with Crippen molar-refractivity contribution >= 4 is 23.6 Å². The van der Waals surface area contributed by atoms with Crippen molar-refractivity contribution < 1.29 is 18.7 Å². The van der Waals surface area contributed by atoms with Crippen molar-refractivity contribution in [2.75, 3.05) is 12.3 Å². The second-order valence-corrected chi connectivity index (χ2v) is 8.61. The maximum Gasteiger partial charge on any atom is 0.411 e. The molecule has 1 amide bonds. The number of hydrogen-bond donors (Lipinski definition) is 0. The third kappa shape index (κ3) is 4.25. The van der Waals surface area contributed by atoms with Crippen LogP contribution in [0.5, 0.6) is 0 Å². The standard InChI is InChI=1S/C15H23N3O4S/c1-14(2,3)12-17-16-10(21-12)9(19)11-18(7-8-23-11)13(20)22-15(4,5)6/h11H,7-8H2,1-6H3. The molecule has 8 heteroatoms. The zero-order valence-electron chi connectivity index (χ0n) is 14.4. The molecule has 0 saturated carbocycles. The third-order valence-corrected chi connectivity index (χ3v) is 4.22. The number of aromatic nitrogens is 2. The molecule has 1 aromatic rings. The molecule has 2 rings (SSSR count). The van der Waals surface area contributed by atoms with E-state index >= 15 is 0 Å². The molecule has 23 heavy (non-hydrogen) atoms. The van der Waals surface area contributed by atoms with E-state index in [9.17, 15) is 9.59 Å². The van der Waals surface area contributed by atoms with Gasteiger partial charge in [0.05, 0.1) is 0 Å². The lowest BCUT2D eigenvalue weighted by molar-refractivity contribution is 0.0247. The average Bonchev–Trinajstić information content (AvgIpc) is 3.04. The van der Waals surface area contributed by atoms with E-state index in [0.717, 1.165) is 0 Å². The van der Waals surface area contributed by atoms with E-state index in [0.29, 0.717) is 18.2 Å². The second-order valence-electron chi connectivity index (χ2n) is 7.42. The summed E-state index contributed by atoms with van der Waals surface area (Å²) in [5.41, 5.74) is -0.943. The Morgan fingerprint density at radius 1 is 1.22 bits per heavy atom. The molecule has 1 atom stereocenters. The molecule has 1 aliphatic rings. The molecule has 0 radical (unpaired) electrons. The van der Waals surface area contributed by atoms with Crippen LogP contribution in [-0.2, 0) is 10.2 Å². The maximum atomic E-state index is 12.6. The van der Waals surface area contributed by atoms with Crippen LogP contribution in [-0.4, -0.2) is 50.2 Å². The Morgan fingerprint density at radius 2 is 1.87 bits per heavy atom. The highest BCUT2D eigenvalue weighted by atomic mass is 32.2. The van der Waals surface area contributed by atoms with Gasteiger partial charge in [0.15, 0.2) is 0 Å². The number of thioether (sulfide) groups is 1. The van der Waals surface area contributed by atoms with Gasteiger partial charge in [-0.2, -0.15) is 0 Å². The van der Waals surface area contributed by atoms with Crippen LogP contribution in [0.1, 0.15) is 58.1 Å². The van der Waals surface area contributed by atoms with Gasteiger partial charge in [0.2, 0.25) is 5.89 Å². The van der Waals surface area contributed by atoms with E-state index < -0.39 is 17.1 Å². The van der Waals surface area contributed by atoms with Gasteiger partial charge < -0.3 is 9.15 Å². The van der Waals surface area contributed by atoms with Gasteiger partial charge in [-0.3, -0.25) is 9.69 Å². The van der Waals surface area contributed by atoms with Crippen molar-refractivity contribution in [1.82, 2.24) is 15.1 Å². The molecule has 1 saturated heterocycles. The summed E-state index contributed by atoms with van der Waals surface area (Å²) in [6, 6.07) is 0. The van der Waals surface area contributed by atoms with Crippen LogP contribution in [0.2, 0.25) is 0 Å². The molecule has 0 N–H and O–H groups in total. The van der Waals surface area contributed by atoms with E-state index in [1.165, 1.54) is 16.7 Å². The van der Waals surface area contributed by atoms with Gasteiger partial charge in [0.25, 0.3) is 11.7 Å². The summed E-state index contributed by atoms with van der Waals surface area (Å²) >= 11 is 1.37. The quantitative estimate of drug-likeness (QED) is 0.765. The number of carbonyl (C=O) groups is 2. The normalized spacial score (nSPS) is 19.0. The molecule has 1 unspecified atom stereocenters. The Balaban J connectivity index is 2.15. The number of ether oxygens (including phenoxy) is 1. The predicted octanol–water partition coefficient (Wildman–Crippen LogP) is 2.86. The molecular formula is C15H23N3O4S. The monoisotopic (exact) mass is 341 g/mol. The van der Waals surface area contributed by atoms with Crippen molar-refractivity contribution in [2.24, 2.45) is 0 Å². The molecule has 0 spiro atoms. The Labute approximate surface area is 140 Å². The van der Waals surface area contributed by atoms with Crippen LogP contribution >= 0.6 is 11.8 Å². The van der Waals surface area contributed by atoms with Crippen molar-refractivity contribution in [3.8, 4) is 0 Å². The van der Waals surface area contributed by atoms with Crippen molar-refractivity contribution in [2.45, 2.75) is 57.9 Å². The van der Waals surface area contributed by atoms with Crippen LogP contribution in [0.3, 0.4) is 0 Å². The number of amides is 1. The fraction of sp³-hybridized carbons (Fsp3) is 0.733. The molecule has 1 aliphatic heterocycles. The second kappa shape index (κ2) is 6.14. The number of rotatable bonds is 2. The number of Topliss-reactive ketones (excluding diaryl/α,β-unsaturated/α-hetero) is 1. The smallest absolute Gasteiger partial charge is 0.411 e. The van der Waals surface area contributed by atoms with Crippen molar-refractivity contribution in [3.05, 3.63) is 11.8 Å². The SMILES string of the molecule is CC(C)(C)OC(=O)N1CCSC1C(=O)c1nnc(C(C)(C)C)o1. The maximum absolute atomic E-state index is 12.6. The van der Waals surface area contributed by atoms with Gasteiger partial charge in [-0.05, 0) is 20.8 Å². The molecule has 0 bridgehead atoms. The number of hydrogen-bond acceptors (Lipinski definition) is 7. The Kier molecular flexibility index (Phi) is 4.75. The van der Waals surface area contributed by atoms with Gasteiger partial charge >= 0.3 is 6.09 Å². The van der Waals surface area contributed by atoms with Crippen LogP contribution < -0.4 is 0 Å². The first-order valence-electron chi connectivity index (χ1n) is 7.48. The minimum absolute atomic E-state index is 0.0668. The van der Waals surface area contributed by atoms with Crippen molar-refractivity contribution in [3.63, 3.8) is 0 Å². The minimum atomic E-state index is -0.682. The van der Waals surface area contributed by atoms with Crippen LogP contribution in [0.25, 0.3) is 0 Å². The van der Waals surface area contributed by atoms with E-state index in [1.54, 1.807) is 20.8 Å². The molecule has 2 heterocycles. The molecule has 0 aromatic carbocycles. The first-order chi connectivity index (χ1) is 10.5. The highest BCUT2D eigenvalue weighted by molar-refractivity contribution is 8.00. The third-order valence-electron chi connectivity index (χ3n) is 3.02. The summed E-state index contributed by atoms with van der Waals surface area (Å²) in [5, 5.41) is 7.08. The topological polar surface area (TPSA) is 85.5 Å². The summed E-state index contributed by atoms with van der Waals surface area (Å²) in [6.45, 7) is 11.6. The van der Waals surface area contributed by atoms with E-state index in [2.05, 4.69) is 10.2 Å². The first kappa shape index (κ1) is 17.8. The molecule has 128 valence electrons. The lowest BCUT2D eigenvalue weighted by Crippen LogP contribution is -2.42. The van der Waals surface area contributed by atoms with Crippen LogP contribution in [0, 0.1) is 0 Å². The zero-order valence-corrected chi connectivity index (χ0v) is 15.2. The van der Waals surface area contributed by atoms with Gasteiger partial charge in [-0.1, -0.05) is 20.8 Å². The molecular weight excluding hydrogens is 318 g/mol. The fourth-order valence-corrected chi connectivity index (χ4v) is 3.08. The summed E-state index contributed by atoms with van der Waals surface area (Å²) in [4.78, 5) is 26.3. The number of carbonyl (C=O) groups excluding carboxylic acids is 2. The summed E-state index contributed by atoms with van der Waals surface area (Å²) in [6.07, 6.45) is -0.503. The zero-order chi connectivity index (χ0) is 17.4. The summed E-state index contributed by atoms with van der Waals surface area (Å²) in [5.74, 6) is 0.632. The van der Waals surface area contributed by atoms with Crippen LogP contribution in [0.4, 0.5) is 4.79 Å². The highest BCUT2D eigenvalue weighted by Gasteiger charge is 2.40. The Bertz CT molecular complexity index is 601. The predicted molar refractivity (Wildman–Crippen MR) is 86.5 cm³/mol. The molecule has 1 aromatic heterocycles. The summed E-state index contributed by atoms with van der Waals surface area (Å²) in [7, 11) is 0. The van der Waals surface area contributed by atoms with E-state index in [4.69, 9.17) is 9.15 Å². The van der Waals surface area contributed by atoms with Gasteiger partial charge in [0, 0.05) is 17.7 Å². The van der Waals surface area contributed by atoms with Gasteiger partial charge in [-0.15, -0.1) is 22.0 Å². The minimum Gasteiger partial charge on any atom is -0.444 e. The number of nitrogens with zero attached hydrogens (tertiary/aromatic N) is 3. The first-order valence-corrected chi connectivity index (χ1v) is 8.53. The lowest BCUT2D eigenvalue weighted by atomic mass is 9.97. The molecule has 1 fully saturated rings. The van der Waals surface area contributed by atoms with Gasteiger partial charge in [0.1, 0.15) is 11.0 Å². The average molecular weight is 341 g/mol. The summed E-state index contributed by atoms with van der Waals surface area (Å²) < 4.78 is 10.8. The van der Waals surface area contributed by atoms with E-state index in [-0.39, 0.29) is 17.1 Å². The number of ketones is 1. The Hall–Kier alpha value is -1.57. The molecule has 7 nitrogen and oxygen atoms in total. The van der Waals surface area contributed by atoms with Crippen LogP contribution in [0.15, 0.2) is 4.42 Å². The highest BCUT2D eigenvalue weighted by Crippen LogP contribution is 2.29.